The van der Waals surface area contributed by atoms with Gasteiger partial charge in [-0.1, -0.05) is 11.6 Å². The number of carboxylic acid groups (broad SMARTS) is 1. The lowest BCUT2D eigenvalue weighted by atomic mass is 10.1. The molecule has 0 aliphatic carbocycles. The van der Waals surface area contributed by atoms with Crippen LogP contribution in [0, 0.1) is 5.82 Å². The van der Waals surface area contributed by atoms with Crippen LogP contribution in [0.15, 0.2) is 36.4 Å². The number of aromatic carboxylic acids is 1. The van der Waals surface area contributed by atoms with Crippen LogP contribution in [0.4, 0.5) is 15.8 Å². The SMILES string of the molecule is CC(=O)c1ccc(Cl)c(Nc2ccc(F)cc2C(=O)O)c1. The molecule has 0 amide bonds. The fourth-order valence-corrected chi connectivity index (χ4v) is 1.95. The minimum absolute atomic E-state index is 0.146. The van der Waals surface area contributed by atoms with Gasteiger partial charge in [0.25, 0.3) is 0 Å². The average Bonchev–Trinajstić information content (AvgIpc) is 2.42. The van der Waals surface area contributed by atoms with E-state index in [-0.39, 0.29) is 17.0 Å². The van der Waals surface area contributed by atoms with Crippen molar-refractivity contribution in [3.63, 3.8) is 0 Å². The Morgan fingerprint density at radius 3 is 2.48 bits per heavy atom. The van der Waals surface area contributed by atoms with Crippen molar-refractivity contribution in [2.75, 3.05) is 5.32 Å². The van der Waals surface area contributed by atoms with Gasteiger partial charge in [0.05, 0.1) is 22.0 Å². The lowest BCUT2D eigenvalue weighted by Gasteiger charge is -2.12. The van der Waals surface area contributed by atoms with Crippen LogP contribution in [-0.2, 0) is 0 Å². The Balaban J connectivity index is 2.45. The topological polar surface area (TPSA) is 66.4 Å². The number of benzene rings is 2. The Morgan fingerprint density at radius 2 is 1.86 bits per heavy atom. The molecule has 0 radical (unpaired) electrons. The van der Waals surface area contributed by atoms with E-state index >= 15 is 0 Å². The third kappa shape index (κ3) is 3.38. The monoisotopic (exact) mass is 307 g/mol. The van der Waals surface area contributed by atoms with Gasteiger partial charge in [-0.25, -0.2) is 9.18 Å². The summed E-state index contributed by atoms with van der Waals surface area (Å²) in [6, 6.07) is 7.96. The largest absolute Gasteiger partial charge is 0.478 e. The quantitative estimate of drug-likeness (QED) is 0.834. The molecular formula is C15H11ClFNO3. The summed E-state index contributed by atoms with van der Waals surface area (Å²) in [5.41, 5.74) is 0.769. The van der Waals surface area contributed by atoms with Gasteiger partial charge in [-0.2, -0.15) is 0 Å². The first-order valence-electron chi connectivity index (χ1n) is 5.99. The van der Waals surface area contributed by atoms with E-state index in [1.165, 1.54) is 25.1 Å². The molecule has 0 fully saturated rings. The van der Waals surface area contributed by atoms with Crippen molar-refractivity contribution in [2.24, 2.45) is 0 Å². The van der Waals surface area contributed by atoms with Gasteiger partial charge < -0.3 is 10.4 Å². The molecular weight excluding hydrogens is 297 g/mol. The number of anilines is 2. The van der Waals surface area contributed by atoms with Gasteiger partial charge in [-0.05, 0) is 43.3 Å². The lowest BCUT2D eigenvalue weighted by Crippen LogP contribution is -2.04. The van der Waals surface area contributed by atoms with E-state index in [1.807, 2.05) is 0 Å². The predicted octanol–water partition coefficient (Wildman–Crippen LogP) is 4.12. The van der Waals surface area contributed by atoms with Gasteiger partial charge in [0.2, 0.25) is 0 Å². The van der Waals surface area contributed by atoms with Crippen molar-refractivity contribution in [3.8, 4) is 0 Å². The number of carbonyl (C=O) groups excluding carboxylic acids is 1. The van der Waals surface area contributed by atoms with E-state index in [0.717, 1.165) is 12.1 Å². The summed E-state index contributed by atoms with van der Waals surface area (Å²) >= 11 is 6.02. The molecule has 21 heavy (non-hydrogen) atoms. The maximum Gasteiger partial charge on any atom is 0.337 e. The fraction of sp³-hybridized carbons (Fsp3) is 0.0667. The zero-order valence-corrected chi connectivity index (χ0v) is 11.7. The Labute approximate surface area is 125 Å². The number of carbonyl (C=O) groups is 2. The number of halogens is 2. The zero-order valence-electron chi connectivity index (χ0n) is 11.0. The normalized spacial score (nSPS) is 10.2. The Kier molecular flexibility index (Phi) is 4.23. The first-order valence-corrected chi connectivity index (χ1v) is 6.36. The molecule has 4 nitrogen and oxygen atoms in total. The molecule has 0 aromatic heterocycles. The van der Waals surface area contributed by atoms with Crippen LogP contribution in [0.25, 0.3) is 0 Å². The molecule has 0 heterocycles. The summed E-state index contributed by atoms with van der Waals surface area (Å²) in [6.45, 7) is 1.41. The molecule has 0 saturated carbocycles. The van der Waals surface area contributed by atoms with Crippen LogP contribution < -0.4 is 5.32 Å². The summed E-state index contributed by atoms with van der Waals surface area (Å²) in [7, 11) is 0. The number of carboxylic acids is 1. The molecule has 0 spiro atoms. The molecule has 2 N–H and O–H groups in total. The van der Waals surface area contributed by atoms with Gasteiger partial charge in [-0.3, -0.25) is 4.79 Å². The maximum absolute atomic E-state index is 13.1. The van der Waals surface area contributed by atoms with Crippen molar-refractivity contribution < 1.29 is 19.1 Å². The van der Waals surface area contributed by atoms with Gasteiger partial charge in [0.1, 0.15) is 5.82 Å². The van der Waals surface area contributed by atoms with Crippen molar-refractivity contribution in [3.05, 3.63) is 58.4 Å². The highest BCUT2D eigenvalue weighted by atomic mass is 35.5. The van der Waals surface area contributed by atoms with Crippen LogP contribution in [0.5, 0.6) is 0 Å². The number of ketones is 1. The average molecular weight is 308 g/mol. The zero-order chi connectivity index (χ0) is 15.6. The minimum Gasteiger partial charge on any atom is -0.478 e. The summed E-state index contributed by atoms with van der Waals surface area (Å²) in [5.74, 6) is -2.07. The molecule has 108 valence electrons. The molecule has 0 atom stereocenters. The number of hydrogen-bond donors (Lipinski definition) is 2. The molecule has 2 rings (SSSR count). The molecule has 0 saturated heterocycles. The maximum atomic E-state index is 13.1. The van der Waals surface area contributed by atoms with Crippen LogP contribution in [0.1, 0.15) is 27.6 Å². The van der Waals surface area contributed by atoms with E-state index in [0.29, 0.717) is 16.3 Å². The predicted molar refractivity (Wildman–Crippen MR) is 78.1 cm³/mol. The van der Waals surface area contributed by atoms with Crippen LogP contribution >= 0.6 is 11.6 Å². The second kappa shape index (κ2) is 5.93. The van der Waals surface area contributed by atoms with Crippen LogP contribution in [0.2, 0.25) is 5.02 Å². The van der Waals surface area contributed by atoms with Crippen molar-refractivity contribution in [1.82, 2.24) is 0 Å². The van der Waals surface area contributed by atoms with Crippen molar-refractivity contribution in [2.45, 2.75) is 6.92 Å². The Hall–Kier alpha value is -2.40. The van der Waals surface area contributed by atoms with E-state index in [4.69, 9.17) is 16.7 Å². The smallest absolute Gasteiger partial charge is 0.337 e. The summed E-state index contributed by atoms with van der Waals surface area (Å²) < 4.78 is 13.1. The second-order valence-electron chi connectivity index (χ2n) is 4.37. The lowest BCUT2D eigenvalue weighted by molar-refractivity contribution is 0.0697. The summed E-state index contributed by atoms with van der Waals surface area (Å²) in [4.78, 5) is 22.5. The number of Topliss-reactive ketones (excluding diaryl/α,β-unsaturated/α-hetero) is 1. The van der Waals surface area contributed by atoms with Gasteiger partial charge in [0, 0.05) is 5.56 Å². The van der Waals surface area contributed by atoms with E-state index in [9.17, 15) is 14.0 Å². The highest BCUT2D eigenvalue weighted by Gasteiger charge is 2.13. The highest BCUT2D eigenvalue weighted by molar-refractivity contribution is 6.33. The standard InChI is InChI=1S/C15H11ClFNO3/c1-8(19)9-2-4-12(16)14(6-9)18-13-5-3-10(17)7-11(13)15(20)21/h2-7,18H,1H3,(H,20,21). The Morgan fingerprint density at radius 1 is 1.14 bits per heavy atom. The van der Waals surface area contributed by atoms with Gasteiger partial charge in [0.15, 0.2) is 5.78 Å². The fourth-order valence-electron chi connectivity index (χ4n) is 1.79. The number of rotatable bonds is 4. The summed E-state index contributed by atoms with van der Waals surface area (Å²) in [6.07, 6.45) is 0. The van der Waals surface area contributed by atoms with Gasteiger partial charge in [-0.15, -0.1) is 0 Å². The first-order chi connectivity index (χ1) is 9.88. The highest BCUT2D eigenvalue weighted by Crippen LogP contribution is 2.29. The molecule has 0 aliphatic rings. The molecule has 0 aliphatic heterocycles. The molecule has 0 bridgehead atoms. The van der Waals surface area contributed by atoms with Crippen molar-refractivity contribution >= 4 is 34.7 Å². The van der Waals surface area contributed by atoms with Crippen molar-refractivity contribution in [1.29, 1.82) is 0 Å². The first kappa shape index (κ1) is 15.0. The second-order valence-corrected chi connectivity index (χ2v) is 4.78. The molecule has 0 unspecified atom stereocenters. The third-order valence-corrected chi connectivity index (χ3v) is 3.18. The molecule has 2 aromatic rings. The molecule has 2 aromatic carbocycles. The molecule has 6 heteroatoms. The Bertz CT molecular complexity index is 731. The number of nitrogens with one attached hydrogen (secondary N) is 1. The van der Waals surface area contributed by atoms with Gasteiger partial charge >= 0.3 is 5.97 Å². The van der Waals surface area contributed by atoms with E-state index < -0.39 is 11.8 Å². The van der Waals surface area contributed by atoms with E-state index in [2.05, 4.69) is 5.32 Å². The third-order valence-electron chi connectivity index (χ3n) is 2.85. The summed E-state index contributed by atoms with van der Waals surface area (Å²) in [5, 5.41) is 12.2. The van der Waals surface area contributed by atoms with Crippen LogP contribution in [0.3, 0.4) is 0 Å². The van der Waals surface area contributed by atoms with Crippen LogP contribution in [-0.4, -0.2) is 16.9 Å². The minimum atomic E-state index is -1.27. The van der Waals surface area contributed by atoms with E-state index in [1.54, 1.807) is 6.07 Å². The number of hydrogen-bond acceptors (Lipinski definition) is 3.